The lowest BCUT2D eigenvalue weighted by atomic mass is 10.1. The monoisotopic (exact) mass is 365 g/mol. The summed E-state index contributed by atoms with van der Waals surface area (Å²) in [4.78, 5) is 0. The molecule has 0 heterocycles. The van der Waals surface area contributed by atoms with Crippen molar-refractivity contribution < 1.29 is 0 Å². The lowest BCUT2D eigenvalue weighted by molar-refractivity contribution is 0.828. The molecule has 1 aromatic rings. The highest BCUT2D eigenvalue weighted by Gasteiger charge is 2.33. The highest BCUT2D eigenvalue weighted by atomic mass is 31.2. The number of benzene rings is 1. The minimum absolute atomic E-state index is 0.546. The van der Waals surface area contributed by atoms with Crippen LogP contribution in [-0.2, 0) is 6.42 Å². The number of aryl methyl sites for hydroxylation is 1. The summed E-state index contributed by atoms with van der Waals surface area (Å²) >= 11 is 0. The van der Waals surface area contributed by atoms with Gasteiger partial charge >= 0.3 is 0 Å². The Hall–Kier alpha value is -0.350. The summed E-state index contributed by atoms with van der Waals surface area (Å²) in [7, 11) is -0.546. The predicted octanol–water partition coefficient (Wildman–Crippen LogP) is 8.45. The molecule has 25 heavy (non-hydrogen) atoms. The third kappa shape index (κ3) is 12.6. The molecule has 0 saturated carbocycles. The maximum atomic E-state index is 2.39. The van der Waals surface area contributed by atoms with Crippen molar-refractivity contribution in [3.05, 3.63) is 35.9 Å². The van der Waals surface area contributed by atoms with E-state index in [1.165, 1.54) is 63.4 Å². The predicted molar refractivity (Wildman–Crippen MR) is 122 cm³/mol. The smallest absolute Gasteiger partial charge is 0.0594 e. The van der Waals surface area contributed by atoms with Crippen molar-refractivity contribution >= 4 is 7.26 Å². The van der Waals surface area contributed by atoms with E-state index in [0.717, 1.165) is 0 Å². The molecule has 0 aliphatic rings. The van der Waals surface area contributed by atoms with E-state index in [0.29, 0.717) is 0 Å². The molecule has 0 fully saturated rings. The molecule has 0 saturated heterocycles. The average molecular weight is 366 g/mol. The molecule has 0 aromatic heterocycles. The van der Waals surface area contributed by atoms with Crippen molar-refractivity contribution in [2.24, 2.45) is 0 Å². The normalized spacial score (nSPS) is 11.1. The second-order valence-corrected chi connectivity index (χ2v) is 12.0. The van der Waals surface area contributed by atoms with Crippen LogP contribution in [-0.4, -0.2) is 24.6 Å². The molecule has 0 aliphatic carbocycles. The van der Waals surface area contributed by atoms with Crippen LogP contribution < -0.4 is 0 Å². The molecular formula is C24H46P+. The van der Waals surface area contributed by atoms with Gasteiger partial charge in [0.15, 0.2) is 0 Å². The van der Waals surface area contributed by atoms with Crippen molar-refractivity contribution in [3.8, 4) is 0 Å². The van der Waals surface area contributed by atoms with E-state index >= 15 is 0 Å². The topological polar surface area (TPSA) is 0 Å². The summed E-state index contributed by atoms with van der Waals surface area (Å²) in [6, 6.07) is 10.6. The van der Waals surface area contributed by atoms with Crippen LogP contribution in [0, 0.1) is 0 Å². The third-order valence-electron chi connectivity index (χ3n) is 5.04. The van der Waals surface area contributed by atoms with Gasteiger partial charge in [-0.3, -0.25) is 0 Å². The van der Waals surface area contributed by atoms with Gasteiger partial charge in [0.25, 0.3) is 0 Å². The van der Waals surface area contributed by atoms with Crippen molar-refractivity contribution in [2.75, 3.05) is 24.6 Å². The average Bonchev–Trinajstić information content (AvgIpc) is 2.65. The van der Waals surface area contributed by atoms with Gasteiger partial charge in [-0.05, 0) is 37.7 Å². The van der Waals surface area contributed by atoms with Crippen LogP contribution in [0.25, 0.3) is 0 Å². The van der Waals surface area contributed by atoms with Gasteiger partial charge in [-0.1, -0.05) is 90.6 Å². The maximum Gasteiger partial charge on any atom is 0.0594 e. The van der Waals surface area contributed by atoms with E-state index < -0.39 is 7.26 Å². The van der Waals surface area contributed by atoms with Crippen LogP contribution in [0.15, 0.2) is 30.3 Å². The van der Waals surface area contributed by atoms with Crippen molar-refractivity contribution in [1.29, 1.82) is 0 Å². The highest BCUT2D eigenvalue weighted by Crippen LogP contribution is 2.61. The van der Waals surface area contributed by atoms with Gasteiger partial charge in [-0.2, -0.15) is 0 Å². The quantitative estimate of drug-likeness (QED) is 0.307. The first-order chi connectivity index (χ1) is 12.2. The third-order valence-corrected chi connectivity index (χ3v) is 10.2. The Balaban J connectivity index is 0.000000535. The van der Waals surface area contributed by atoms with Crippen molar-refractivity contribution in [2.45, 2.75) is 92.4 Å². The van der Waals surface area contributed by atoms with E-state index in [1.807, 2.05) is 0 Å². The molecule has 0 radical (unpaired) electrons. The number of unbranched alkanes of at least 4 members (excludes halogenated alkanes) is 3. The molecule has 0 nitrogen and oxygen atoms in total. The summed E-state index contributed by atoms with van der Waals surface area (Å²) in [6.07, 6.45) is 18.9. The molecule has 1 rings (SSSR count). The van der Waals surface area contributed by atoms with E-state index in [9.17, 15) is 0 Å². The summed E-state index contributed by atoms with van der Waals surface area (Å²) in [5, 5.41) is 0. The van der Waals surface area contributed by atoms with Gasteiger partial charge in [0.1, 0.15) is 0 Å². The summed E-state index contributed by atoms with van der Waals surface area (Å²) in [5.74, 6) is 0. The van der Waals surface area contributed by atoms with Crippen LogP contribution in [0.3, 0.4) is 0 Å². The molecule has 0 unspecified atom stereocenters. The van der Waals surface area contributed by atoms with Gasteiger partial charge in [-0.15, -0.1) is 0 Å². The van der Waals surface area contributed by atoms with Crippen molar-refractivity contribution in [1.82, 2.24) is 0 Å². The second kappa shape index (κ2) is 17.1. The van der Waals surface area contributed by atoms with E-state index in [2.05, 4.69) is 65.0 Å². The van der Waals surface area contributed by atoms with Crippen LogP contribution in [0.2, 0.25) is 0 Å². The molecule has 0 spiro atoms. The first-order valence-electron chi connectivity index (χ1n) is 11.1. The Morgan fingerprint density at radius 2 is 1.04 bits per heavy atom. The fourth-order valence-corrected chi connectivity index (χ4v) is 8.81. The maximum absolute atomic E-state index is 2.39. The standard InChI is InChI=1S/C15H34P.C9H12/c1-5-9-13-16(12-8-4,14-10-6-2)15-11-7-3;1-2-6-9-7-4-3-5-8-9/h5-15H2,1-4H3;3-5,7-8H,2,6H2,1H3/q+1;. The summed E-state index contributed by atoms with van der Waals surface area (Å²) in [6.45, 7) is 11.6. The Morgan fingerprint density at radius 3 is 1.40 bits per heavy atom. The lowest BCUT2D eigenvalue weighted by Crippen LogP contribution is -2.12. The zero-order valence-electron chi connectivity index (χ0n) is 18.0. The fraction of sp³-hybridized carbons (Fsp3) is 0.750. The van der Waals surface area contributed by atoms with Crippen molar-refractivity contribution in [3.63, 3.8) is 0 Å². The molecule has 0 amide bonds. The van der Waals surface area contributed by atoms with Gasteiger partial charge in [0.05, 0.1) is 24.6 Å². The minimum Gasteiger partial charge on any atom is -0.0652 e. The lowest BCUT2D eigenvalue weighted by Gasteiger charge is -2.27. The van der Waals surface area contributed by atoms with E-state index in [1.54, 1.807) is 24.6 Å². The van der Waals surface area contributed by atoms with Gasteiger partial charge in [-0.25, -0.2) is 0 Å². The Morgan fingerprint density at radius 1 is 0.560 bits per heavy atom. The van der Waals surface area contributed by atoms with Crippen LogP contribution in [0.4, 0.5) is 0 Å². The Bertz CT molecular complexity index is 349. The molecule has 1 aromatic carbocycles. The molecular weight excluding hydrogens is 319 g/mol. The number of hydrogen-bond donors (Lipinski definition) is 0. The Kier molecular flexibility index (Phi) is 16.8. The van der Waals surface area contributed by atoms with E-state index in [4.69, 9.17) is 0 Å². The highest BCUT2D eigenvalue weighted by molar-refractivity contribution is 7.75. The Labute approximate surface area is 160 Å². The summed E-state index contributed by atoms with van der Waals surface area (Å²) < 4.78 is 0. The molecule has 0 aliphatic heterocycles. The van der Waals surface area contributed by atoms with E-state index in [-0.39, 0.29) is 0 Å². The summed E-state index contributed by atoms with van der Waals surface area (Å²) in [5.41, 5.74) is 1.44. The van der Waals surface area contributed by atoms with Gasteiger partial charge < -0.3 is 0 Å². The van der Waals surface area contributed by atoms with Crippen LogP contribution in [0.5, 0.6) is 0 Å². The largest absolute Gasteiger partial charge is 0.0652 e. The second-order valence-electron chi connectivity index (χ2n) is 7.53. The van der Waals surface area contributed by atoms with Gasteiger partial charge in [0, 0.05) is 7.26 Å². The molecule has 146 valence electrons. The van der Waals surface area contributed by atoms with Gasteiger partial charge in [0.2, 0.25) is 0 Å². The minimum atomic E-state index is -0.546. The first-order valence-corrected chi connectivity index (χ1v) is 13.6. The SMILES string of the molecule is CCCC[P+](CCC)(CCCC)CCCC.CCCc1ccccc1. The number of hydrogen-bond acceptors (Lipinski definition) is 0. The molecule has 0 atom stereocenters. The molecule has 0 bridgehead atoms. The van der Waals surface area contributed by atoms with Crippen LogP contribution in [0.1, 0.15) is 91.5 Å². The molecule has 1 heteroatoms. The zero-order valence-corrected chi connectivity index (χ0v) is 18.9. The number of rotatable bonds is 13. The zero-order chi connectivity index (χ0) is 18.8. The van der Waals surface area contributed by atoms with Crippen LogP contribution >= 0.6 is 7.26 Å². The molecule has 0 N–H and O–H groups in total. The fourth-order valence-electron chi connectivity index (χ4n) is 3.56. The first kappa shape index (κ1) is 24.7.